The van der Waals surface area contributed by atoms with E-state index in [0.29, 0.717) is 37.4 Å². The van der Waals surface area contributed by atoms with Crippen molar-refractivity contribution in [3.05, 3.63) is 39.5 Å². The molecule has 11 nitrogen and oxygen atoms in total. The molecule has 0 aromatic carbocycles. The normalized spacial score (nSPS) is 21.1. The molecule has 1 aliphatic carbocycles. The number of amides is 4. The summed E-state index contributed by atoms with van der Waals surface area (Å²) in [4.78, 5) is 64.7. The van der Waals surface area contributed by atoms with E-state index >= 15 is 0 Å². The zero-order chi connectivity index (χ0) is 26.7. The minimum absolute atomic E-state index is 0.00553. The van der Waals surface area contributed by atoms with Crippen molar-refractivity contribution >= 4 is 40.8 Å². The number of carbonyl (C=O) groups excluding carboxylic acids is 4. The third-order valence-corrected chi connectivity index (χ3v) is 7.93. The largest absolute Gasteiger partial charge is 0.346 e. The molecule has 0 unspecified atom stereocenters. The molecule has 3 atom stereocenters. The van der Waals surface area contributed by atoms with Crippen LogP contribution in [0.1, 0.15) is 52.1 Å². The van der Waals surface area contributed by atoms with Gasteiger partial charge in [0.15, 0.2) is 5.01 Å². The maximum atomic E-state index is 13.1. The fourth-order valence-corrected chi connectivity index (χ4v) is 5.71. The highest BCUT2D eigenvalue weighted by atomic mass is 32.1. The summed E-state index contributed by atoms with van der Waals surface area (Å²) in [6.07, 6.45) is 2.94. The molecule has 4 rings (SSSR count). The number of nitrogens with one attached hydrogen (secondary N) is 3. The number of thiazole rings is 1. The Morgan fingerprint density at radius 3 is 2.57 bits per heavy atom. The standard InChI is InChI=1S/C25H33N7O4S/c1-5-32(4)25(36)15-7-8-16(27-21(33)22(34)30-20-9-6-14(2)11-26-20)17(10-15)28-23(35)24-29-18-12-31(3)13-19(18)37-24/h6,9,11,15-17H,5,7-8,10,12-13H2,1-4H3,(H,27,33)(H,28,35)(H,26,30,34)/t15-,16-,17+/m0/s1. The maximum absolute atomic E-state index is 13.1. The summed E-state index contributed by atoms with van der Waals surface area (Å²) in [7, 11) is 3.75. The summed E-state index contributed by atoms with van der Waals surface area (Å²) < 4.78 is 0. The van der Waals surface area contributed by atoms with Gasteiger partial charge in [-0.15, -0.1) is 11.3 Å². The second-order valence-electron chi connectivity index (χ2n) is 9.76. The van der Waals surface area contributed by atoms with E-state index in [2.05, 4.69) is 30.8 Å². The predicted molar refractivity (Wildman–Crippen MR) is 139 cm³/mol. The van der Waals surface area contributed by atoms with Crippen molar-refractivity contribution < 1.29 is 19.2 Å². The molecule has 198 valence electrons. The summed E-state index contributed by atoms with van der Waals surface area (Å²) in [6, 6.07) is 2.36. The van der Waals surface area contributed by atoms with Crippen molar-refractivity contribution in [2.75, 3.05) is 26.0 Å². The highest BCUT2D eigenvalue weighted by Gasteiger charge is 2.38. The Bertz CT molecular complexity index is 1160. The zero-order valence-corrected chi connectivity index (χ0v) is 22.4. The third-order valence-electron chi connectivity index (χ3n) is 6.85. The molecular formula is C25H33N7O4S. The number of pyridine rings is 1. The number of carbonyl (C=O) groups is 4. The van der Waals surface area contributed by atoms with Gasteiger partial charge in [0.25, 0.3) is 5.91 Å². The second-order valence-corrected chi connectivity index (χ2v) is 10.8. The molecule has 37 heavy (non-hydrogen) atoms. The van der Waals surface area contributed by atoms with Crippen LogP contribution in [0.3, 0.4) is 0 Å². The lowest BCUT2D eigenvalue weighted by Crippen LogP contribution is -2.57. The first kappa shape index (κ1) is 26.7. The number of hydrogen-bond donors (Lipinski definition) is 3. The van der Waals surface area contributed by atoms with Crippen LogP contribution in [-0.4, -0.2) is 76.1 Å². The first-order chi connectivity index (χ1) is 17.6. The molecule has 3 heterocycles. The topological polar surface area (TPSA) is 137 Å². The van der Waals surface area contributed by atoms with Gasteiger partial charge >= 0.3 is 11.8 Å². The third kappa shape index (κ3) is 6.31. The van der Waals surface area contributed by atoms with Gasteiger partial charge in [-0.25, -0.2) is 9.97 Å². The number of aryl methyl sites for hydroxylation is 1. The fraction of sp³-hybridized carbons (Fsp3) is 0.520. The van der Waals surface area contributed by atoms with Gasteiger partial charge in [-0.1, -0.05) is 6.07 Å². The quantitative estimate of drug-likeness (QED) is 0.482. The lowest BCUT2D eigenvalue weighted by atomic mass is 9.81. The number of nitrogens with zero attached hydrogens (tertiary/aromatic N) is 4. The molecule has 0 radical (unpaired) electrons. The van der Waals surface area contributed by atoms with E-state index in [1.807, 2.05) is 20.9 Å². The molecule has 0 spiro atoms. The van der Waals surface area contributed by atoms with Gasteiger partial charge in [0.2, 0.25) is 5.91 Å². The Labute approximate surface area is 220 Å². The van der Waals surface area contributed by atoms with Gasteiger partial charge < -0.3 is 20.9 Å². The SMILES string of the molecule is CCN(C)C(=O)[C@H]1CC[C@H](NC(=O)C(=O)Nc2ccc(C)cn2)[C@H](NC(=O)c2nc3c(s2)CN(C)C3)C1. The van der Waals surface area contributed by atoms with E-state index in [1.165, 1.54) is 11.3 Å². The fourth-order valence-electron chi connectivity index (χ4n) is 4.66. The van der Waals surface area contributed by atoms with Crippen LogP contribution in [-0.2, 0) is 27.5 Å². The molecule has 2 aromatic heterocycles. The summed E-state index contributed by atoms with van der Waals surface area (Å²) in [5, 5.41) is 8.61. The van der Waals surface area contributed by atoms with E-state index in [1.54, 1.807) is 30.3 Å². The maximum Gasteiger partial charge on any atom is 0.314 e. The molecule has 3 N–H and O–H groups in total. The highest BCUT2D eigenvalue weighted by Crippen LogP contribution is 2.29. The summed E-state index contributed by atoms with van der Waals surface area (Å²) in [6.45, 7) is 5.82. The Morgan fingerprint density at radius 2 is 1.89 bits per heavy atom. The zero-order valence-electron chi connectivity index (χ0n) is 21.5. The smallest absolute Gasteiger partial charge is 0.314 e. The predicted octanol–water partition coefficient (Wildman–Crippen LogP) is 1.29. The van der Waals surface area contributed by atoms with Crippen LogP contribution in [0, 0.1) is 12.8 Å². The van der Waals surface area contributed by atoms with Crippen LogP contribution in [0.4, 0.5) is 5.82 Å². The van der Waals surface area contributed by atoms with Crippen LogP contribution in [0.2, 0.25) is 0 Å². The number of rotatable bonds is 6. The van der Waals surface area contributed by atoms with Gasteiger partial charge in [-0.3, -0.25) is 24.1 Å². The van der Waals surface area contributed by atoms with E-state index in [4.69, 9.17) is 0 Å². The molecule has 1 saturated carbocycles. The van der Waals surface area contributed by atoms with E-state index < -0.39 is 23.9 Å². The summed E-state index contributed by atoms with van der Waals surface area (Å²) in [5.74, 6) is -2.01. The monoisotopic (exact) mass is 527 g/mol. The van der Waals surface area contributed by atoms with Gasteiger partial charge in [0, 0.05) is 49.7 Å². The molecule has 12 heteroatoms. The lowest BCUT2D eigenvalue weighted by Gasteiger charge is -2.37. The molecular weight excluding hydrogens is 494 g/mol. The van der Waals surface area contributed by atoms with E-state index in [9.17, 15) is 19.2 Å². The van der Waals surface area contributed by atoms with Crippen molar-refractivity contribution in [3.63, 3.8) is 0 Å². The van der Waals surface area contributed by atoms with Gasteiger partial charge in [-0.2, -0.15) is 0 Å². The Balaban J connectivity index is 1.45. The number of anilines is 1. The van der Waals surface area contributed by atoms with Crippen LogP contribution in [0.25, 0.3) is 0 Å². The second kappa shape index (κ2) is 11.3. The first-order valence-electron chi connectivity index (χ1n) is 12.4. The molecule has 0 bridgehead atoms. The van der Waals surface area contributed by atoms with Crippen LogP contribution < -0.4 is 16.0 Å². The Hall–Kier alpha value is -3.38. The highest BCUT2D eigenvalue weighted by molar-refractivity contribution is 7.13. The number of hydrogen-bond acceptors (Lipinski definition) is 8. The molecule has 2 aromatic rings. The minimum atomic E-state index is -0.842. The van der Waals surface area contributed by atoms with Crippen molar-refractivity contribution in [3.8, 4) is 0 Å². The van der Waals surface area contributed by atoms with Crippen LogP contribution in [0.5, 0.6) is 0 Å². The molecule has 2 aliphatic rings. The van der Waals surface area contributed by atoms with Gasteiger partial charge in [0.1, 0.15) is 5.82 Å². The van der Waals surface area contributed by atoms with Crippen molar-refractivity contribution in [2.45, 2.75) is 58.3 Å². The molecule has 4 amide bonds. The Kier molecular flexibility index (Phi) is 8.18. The summed E-state index contributed by atoms with van der Waals surface area (Å²) in [5.41, 5.74) is 1.84. The van der Waals surface area contributed by atoms with Gasteiger partial charge in [0.05, 0.1) is 11.7 Å². The van der Waals surface area contributed by atoms with Crippen LogP contribution >= 0.6 is 11.3 Å². The molecule has 1 aliphatic heterocycles. The van der Waals surface area contributed by atoms with Crippen molar-refractivity contribution in [2.24, 2.45) is 5.92 Å². The molecule has 0 saturated heterocycles. The summed E-state index contributed by atoms with van der Waals surface area (Å²) >= 11 is 1.36. The average molecular weight is 528 g/mol. The number of aromatic nitrogens is 2. The van der Waals surface area contributed by atoms with Crippen LogP contribution in [0.15, 0.2) is 18.3 Å². The molecule has 1 fully saturated rings. The first-order valence-corrected chi connectivity index (χ1v) is 13.2. The lowest BCUT2D eigenvalue weighted by molar-refractivity contribution is -0.137. The minimum Gasteiger partial charge on any atom is -0.346 e. The van der Waals surface area contributed by atoms with E-state index in [-0.39, 0.29) is 23.6 Å². The van der Waals surface area contributed by atoms with Crippen molar-refractivity contribution in [1.82, 2.24) is 30.4 Å². The number of fused-ring (bicyclic) bond motifs is 1. The van der Waals surface area contributed by atoms with Gasteiger partial charge in [-0.05, 0) is 51.8 Å². The van der Waals surface area contributed by atoms with Crippen molar-refractivity contribution in [1.29, 1.82) is 0 Å². The average Bonchev–Trinajstić information content (AvgIpc) is 3.43. The van der Waals surface area contributed by atoms with E-state index in [0.717, 1.165) is 22.7 Å². The Morgan fingerprint density at radius 1 is 1.11 bits per heavy atom.